The van der Waals surface area contributed by atoms with Crippen LogP contribution in [0.5, 0.6) is 0 Å². The number of aliphatic carboxylic acids is 3. The molecule has 43 heavy (non-hydrogen) atoms. The van der Waals surface area contributed by atoms with Gasteiger partial charge in [-0.05, 0) is 12.8 Å². The molecule has 0 aromatic carbocycles. The molecule has 0 amide bonds. The van der Waals surface area contributed by atoms with Gasteiger partial charge >= 0.3 is 11.9 Å². The molecule has 0 aromatic heterocycles. The van der Waals surface area contributed by atoms with Gasteiger partial charge in [-0.15, -0.1) is 0 Å². The molecule has 3 atom stereocenters. The number of unbranched alkanes of at least 4 members (excludes halogenated alkanes) is 18. The van der Waals surface area contributed by atoms with E-state index in [4.69, 9.17) is 0 Å². The zero-order valence-electron chi connectivity index (χ0n) is 28.3. The van der Waals surface area contributed by atoms with Crippen molar-refractivity contribution in [2.75, 3.05) is 6.54 Å². The summed E-state index contributed by atoms with van der Waals surface area (Å²) < 4.78 is -0.514. The molecule has 252 valence electrons. The second kappa shape index (κ2) is 26.5. The first-order valence-electron chi connectivity index (χ1n) is 17.9. The lowest BCUT2D eigenvalue weighted by Crippen LogP contribution is -2.73. The fraction of sp³-hybridized carbons (Fsp3) is 0.861. The van der Waals surface area contributed by atoms with Gasteiger partial charge in [-0.1, -0.05) is 149 Å². The number of quaternary nitrogens is 1. The van der Waals surface area contributed by atoms with Crippen molar-refractivity contribution in [3.05, 3.63) is 12.2 Å². The Morgan fingerprint density at radius 1 is 0.535 bits per heavy atom. The van der Waals surface area contributed by atoms with Crippen LogP contribution in [-0.2, 0) is 14.4 Å². The second-order valence-electron chi connectivity index (χ2n) is 12.5. The van der Waals surface area contributed by atoms with Crippen LogP contribution >= 0.6 is 0 Å². The van der Waals surface area contributed by atoms with Crippen molar-refractivity contribution in [2.24, 2.45) is 0 Å². The predicted octanol–water partition coefficient (Wildman–Crippen LogP) is 8.44. The molecule has 0 saturated carbocycles. The maximum Gasteiger partial charge on any atom is 0.362 e. The maximum atomic E-state index is 12.2. The summed E-state index contributed by atoms with van der Waals surface area (Å²) in [6.07, 6.45) is 30.0. The van der Waals surface area contributed by atoms with Crippen molar-refractivity contribution in [2.45, 2.75) is 193 Å². The van der Waals surface area contributed by atoms with Gasteiger partial charge in [0, 0.05) is 25.7 Å². The summed E-state index contributed by atoms with van der Waals surface area (Å²) in [4.78, 5) is 36.7. The van der Waals surface area contributed by atoms with Crippen LogP contribution in [0.3, 0.4) is 0 Å². The van der Waals surface area contributed by atoms with Gasteiger partial charge < -0.3 is 20.1 Å². The number of nitrogens with zero attached hydrogens (tertiary/aromatic N) is 1. The first-order valence-corrected chi connectivity index (χ1v) is 17.9. The van der Waals surface area contributed by atoms with Crippen LogP contribution < -0.4 is 5.11 Å². The van der Waals surface area contributed by atoms with E-state index in [2.05, 4.69) is 13.0 Å². The smallest absolute Gasteiger partial charge is 0.362 e. The van der Waals surface area contributed by atoms with E-state index in [9.17, 15) is 29.7 Å². The van der Waals surface area contributed by atoms with Gasteiger partial charge in [0.05, 0.1) is 12.5 Å². The Labute approximate surface area is 264 Å². The number of carboxylic acids is 3. The Hall–Kier alpha value is -1.89. The van der Waals surface area contributed by atoms with Gasteiger partial charge in [0.15, 0.2) is 12.1 Å². The van der Waals surface area contributed by atoms with E-state index in [1.165, 1.54) is 109 Å². The normalized spacial score (nSPS) is 15.3. The molecular formula is C36H67NO6. The van der Waals surface area contributed by atoms with Gasteiger partial charge in [-0.3, -0.25) is 4.48 Å². The minimum atomic E-state index is -1.38. The van der Waals surface area contributed by atoms with Gasteiger partial charge in [0.2, 0.25) is 0 Å². The van der Waals surface area contributed by atoms with Crippen LogP contribution in [0.15, 0.2) is 12.2 Å². The van der Waals surface area contributed by atoms with Gasteiger partial charge in [0.1, 0.15) is 6.04 Å². The van der Waals surface area contributed by atoms with E-state index in [-0.39, 0.29) is 25.8 Å². The summed E-state index contributed by atoms with van der Waals surface area (Å²) in [5.74, 6) is -3.71. The number of carbonyl (C=O) groups excluding carboxylic acids is 1. The highest BCUT2D eigenvalue weighted by atomic mass is 16.4. The van der Waals surface area contributed by atoms with Crippen molar-refractivity contribution in [1.82, 2.24) is 0 Å². The average molecular weight is 610 g/mol. The Bertz CT molecular complexity index is 697. The van der Waals surface area contributed by atoms with Crippen molar-refractivity contribution in [3.8, 4) is 0 Å². The maximum absolute atomic E-state index is 12.2. The highest BCUT2D eigenvalue weighted by Gasteiger charge is 2.53. The first-order chi connectivity index (χ1) is 20.7. The summed E-state index contributed by atoms with van der Waals surface area (Å²) in [5.41, 5.74) is 0. The van der Waals surface area contributed by atoms with Crippen LogP contribution in [0.25, 0.3) is 0 Å². The van der Waals surface area contributed by atoms with Crippen molar-refractivity contribution in [3.63, 3.8) is 0 Å². The monoisotopic (exact) mass is 609 g/mol. The third kappa shape index (κ3) is 16.7. The highest BCUT2D eigenvalue weighted by molar-refractivity contribution is 5.77. The number of carbonyl (C=O) groups is 3. The molecule has 2 N–H and O–H groups in total. The summed E-state index contributed by atoms with van der Waals surface area (Å²) in [6.45, 7) is 7.42. The lowest BCUT2D eigenvalue weighted by Gasteiger charge is -2.51. The standard InChI is InChI=1S/C36H67NO6/c1-5-9-10-11-12-13-14-15-16-17-18-19-20-21-22-23-24-25-26-27-28-29-30-37(31(6-2)34(38)39,32(7-3)35(40)41)33(8-4)36(42)43/h27-28,31-33H,5-26,29-30H2,1-4H3,(H2-,38,39,40,41,42,43)/b28-27+. The summed E-state index contributed by atoms with van der Waals surface area (Å²) in [7, 11) is 0. The Morgan fingerprint density at radius 3 is 1.16 bits per heavy atom. The number of hydrogen-bond acceptors (Lipinski definition) is 4. The van der Waals surface area contributed by atoms with Gasteiger partial charge in [0.25, 0.3) is 0 Å². The second-order valence-corrected chi connectivity index (χ2v) is 12.5. The number of carboxylic acid groups (broad SMARTS) is 3. The molecule has 0 bridgehead atoms. The molecular weight excluding hydrogens is 542 g/mol. The third-order valence-corrected chi connectivity index (χ3v) is 9.32. The number of hydrogen-bond donors (Lipinski definition) is 2. The lowest BCUT2D eigenvalue weighted by atomic mass is 9.94. The van der Waals surface area contributed by atoms with Crippen molar-refractivity contribution in [1.29, 1.82) is 0 Å². The van der Waals surface area contributed by atoms with Crippen LogP contribution in [0.4, 0.5) is 0 Å². The van der Waals surface area contributed by atoms with Crippen LogP contribution in [0, 0.1) is 0 Å². The minimum Gasteiger partial charge on any atom is -0.544 e. The first kappa shape index (κ1) is 41.1. The summed E-state index contributed by atoms with van der Waals surface area (Å²) >= 11 is 0. The molecule has 0 rings (SSSR count). The quantitative estimate of drug-likeness (QED) is 0.0463. The zero-order chi connectivity index (χ0) is 32.3. The van der Waals surface area contributed by atoms with E-state index >= 15 is 0 Å². The van der Waals surface area contributed by atoms with E-state index < -0.39 is 40.5 Å². The Kier molecular flexibility index (Phi) is 25.3. The molecule has 7 nitrogen and oxygen atoms in total. The van der Waals surface area contributed by atoms with Gasteiger partial charge in [-0.25, -0.2) is 9.59 Å². The fourth-order valence-electron chi connectivity index (χ4n) is 6.96. The van der Waals surface area contributed by atoms with Crippen molar-refractivity contribution < 1.29 is 34.2 Å². The molecule has 0 radical (unpaired) electrons. The van der Waals surface area contributed by atoms with E-state index in [0.717, 1.165) is 12.8 Å². The summed E-state index contributed by atoms with van der Waals surface area (Å²) in [6, 6.07) is -3.47. The fourth-order valence-corrected chi connectivity index (χ4v) is 6.96. The molecule has 0 aromatic rings. The minimum absolute atomic E-state index is 0.110. The average Bonchev–Trinajstić information content (AvgIpc) is 2.96. The molecule has 0 fully saturated rings. The van der Waals surface area contributed by atoms with Gasteiger partial charge in [-0.2, -0.15) is 0 Å². The highest BCUT2D eigenvalue weighted by Crippen LogP contribution is 2.32. The lowest BCUT2D eigenvalue weighted by molar-refractivity contribution is -0.974. The van der Waals surface area contributed by atoms with Crippen molar-refractivity contribution >= 4 is 17.9 Å². The SMILES string of the molecule is CCCCCCCCCCCCCCCCCCCC/C=C/CC[N+](C(CC)C(=O)[O-])(C(CC)C(=O)O)C(CC)C(=O)O. The molecule has 0 spiro atoms. The molecule has 0 aliphatic rings. The topological polar surface area (TPSA) is 115 Å². The van der Waals surface area contributed by atoms with Crippen LogP contribution in [-0.4, -0.2) is 57.3 Å². The van der Waals surface area contributed by atoms with Crippen LogP contribution in [0.1, 0.15) is 175 Å². The Morgan fingerprint density at radius 2 is 0.860 bits per heavy atom. The molecule has 0 heterocycles. The Balaban J connectivity index is 4.36. The van der Waals surface area contributed by atoms with E-state index in [1.54, 1.807) is 20.8 Å². The molecule has 7 heteroatoms. The largest absolute Gasteiger partial charge is 0.544 e. The molecule has 0 aliphatic carbocycles. The number of allylic oxidation sites excluding steroid dienone is 1. The third-order valence-electron chi connectivity index (χ3n) is 9.32. The molecule has 3 unspecified atom stereocenters. The predicted molar refractivity (Wildman–Crippen MR) is 175 cm³/mol. The van der Waals surface area contributed by atoms with E-state index in [1.807, 2.05) is 6.08 Å². The number of rotatable bonds is 31. The van der Waals surface area contributed by atoms with E-state index in [0.29, 0.717) is 6.42 Å². The zero-order valence-corrected chi connectivity index (χ0v) is 28.3. The molecule has 0 saturated heterocycles. The summed E-state index contributed by atoms with van der Waals surface area (Å²) in [5, 5.41) is 32.2. The molecule has 0 aliphatic heterocycles. The van der Waals surface area contributed by atoms with Crippen LogP contribution in [0.2, 0.25) is 0 Å².